The van der Waals surface area contributed by atoms with E-state index in [2.05, 4.69) is 20.8 Å². The highest BCUT2D eigenvalue weighted by Crippen LogP contribution is 2.68. The second kappa shape index (κ2) is 9.59. The summed E-state index contributed by atoms with van der Waals surface area (Å²) in [4.78, 5) is 0. The third-order valence-corrected chi connectivity index (χ3v) is 11.8. The van der Waals surface area contributed by atoms with Crippen molar-refractivity contribution in [1.82, 2.24) is 0 Å². The molecule has 3 N–H and O–H groups in total. The molecule has 0 heterocycles. The van der Waals surface area contributed by atoms with Crippen molar-refractivity contribution in [3.63, 3.8) is 0 Å². The molecule has 0 bridgehead atoms. The lowest BCUT2D eigenvalue weighted by atomic mass is 9.43. The highest BCUT2D eigenvalue weighted by molar-refractivity contribution is 7.80. The third kappa shape index (κ3) is 4.85. The molecule has 7 heteroatoms. The Morgan fingerprint density at radius 2 is 1.56 bits per heavy atom. The molecule has 0 radical (unpaired) electrons. The van der Waals surface area contributed by atoms with E-state index in [1.165, 1.54) is 25.7 Å². The van der Waals surface area contributed by atoms with Crippen LogP contribution < -0.4 is 0 Å². The van der Waals surface area contributed by atoms with Crippen LogP contribution in [-0.4, -0.2) is 41.5 Å². The molecule has 0 saturated heterocycles. The largest absolute Gasteiger partial charge is 0.397 e. The first kappa shape index (κ1) is 26.8. The van der Waals surface area contributed by atoms with Crippen LogP contribution in [0.1, 0.15) is 98.8 Å². The minimum Gasteiger partial charge on any atom is -0.393 e. The molecule has 11 atom stereocenters. The predicted octanol–water partition coefficient (Wildman–Crippen LogP) is 5.24. The number of fused-ring (bicyclic) bond motifs is 5. The number of rotatable bonds is 7. The summed E-state index contributed by atoms with van der Waals surface area (Å²) in [5.41, 5.74) is 0.446. The molecule has 4 saturated carbocycles. The van der Waals surface area contributed by atoms with Crippen molar-refractivity contribution in [3.8, 4) is 0 Å². The maximum Gasteiger partial charge on any atom is 0.397 e. The minimum absolute atomic E-state index is 0.0107. The Bertz CT molecular complexity index is 829. The van der Waals surface area contributed by atoms with Gasteiger partial charge in [-0.25, -0.2) is 4.18 Å². The minimum atomic E-state index is -4.45. The monoisotopic (exact) mass is 500 g/mol. The molecule has 4 aliphatic carbocycles. The molecule has 4 fully saturated rings. The van der Waals surface area contributed by atoms with E-state index >= 15 is 0 Å². The molecular weight excluding hydrogens is 452 g/mol. The van der Waals surface area contributed by atoms with Crippen LogP contribution in [0.5, 0.6) is 0 Å². The van der Waals surface area contributed by atoms with Crippen LogP contribution in [0.4, 0.5) is 0 Å². The molecule has 0 aromatic carbocycles. The summed E-state index contributed by atoms with van der Waals surface area (Å²) in [6.07, 6.45) is 8.89. The number of hydrogen-bond acceptors (Lipinski definition) is 5. The van der Waals surface area contributed by atoms with E-state index in [1.54, 1.807) is 0 Å². The van der Waals surface area contributed by atoms with Gasteiger partial charge in [0.1, 0.15) is 0 Å². The molecule has 0 amide bonds. The van der Waals surface area contributed by atoms with Gasteiger partial charge < -0.3 is 10.2 Å². The molecule has 4 aliphatic rings. The lowest BCUT2D eigenvalue weighted by molar-refractivity contribution is -0.174. The zero-order valence-electron chi connectivity index (χ0n) is 21.8. The Morgan fingerprint density at radius 3 is 2.21 bits per heavy atom. The van der Waals surface area contributed by atoms with Crippen LogP contribution >= 0.6 is 0 Å². The number of aliphatic hydroxyl groups excluding tert-OH is 2. The van der Waals surface area contributed by atoms with Crippen LogP contribution in [-0.2, 0) is 14.6 Å². The second-order valence-corrected chi connectivity index (χ2v) is 14.4. The lowest BCUT2D eigenvalue weighted by Gasteiger charge is -2.62. The van der Waals surface area contributed by atoms with E-state index in [0.29, 0.717) is 41.9 Å². The van der Waals surface area contributed by atoms with E-state index in [-0.39, 0.29) is 29.0 Å². The van der Waals surface area contributed by atoms with Crippen molar-refractivity contribution in [2.45, 2.75) is 117 Å². The summed E-state index contributed by atoms with van der Waals surface area (Å²) in [7, 11) is -4.45. The zero-order chi connectivity index (χ0) is 25.1. The van der Waals surface area contributed by atoms with Gasteiger partial charge in [0.15, 0.2) is 0 Å². The highest BCUT2D eigenvalue weighted by Gasteiger charge is 2.62. The van der Waals surface area contributed by atoms with Crippen LogP contribution in [0.25, 0.3) is 0 Å². The first-order valence-corrected chi connectivity index (χ1v) is 15.1. The van der Waals surface area contributed by atoms with Crippen molar-refractivity contribution >= 4 is 10.4 Å². The maximum atomic E-state index is 11.4. The Hall–Kier alpha value is -0.210. The zero-order valence-corrected chi connectivity index (χ0v) is 22.6. The van der Waals surface area contributed by atoms with Gasteiger partial charge in [-0.2, -0.15) is 8.42 Å². The van der Waals surface area contributed by atoms with Crippen LogP contribution in [0, 0.1) is 52.3 Å². The Labute approximate surface area is 207 Å². The van der Waals surface area contributed by atoms with Crippen LogP contribution in [0.2, 0.25) is 0 Å². The topological polar surface area (TPSA) is 104 Å². The van der Waals surface area contributed by atoms with Gasteiger partial charge in [-0.3, -0.25) is 4.55 Å². The van der Waals surface area contributed by atoms with Crippen LogP contribution in [0.3, 0.4) is 0 Å². The molecule has 198 valence electrons. The summed E-state index contributed by atoms with van der Waals surface area (Å²) >= 11 is 0. The Balaban J connectivity index is 1.47. The van der Waals surface area contributed by atoms with Gasteiger partial charge >= 0.3 is 10.4 Å². The van der Waals surface area contributed by atoms with Gasteiger partial charge in [0.25, 0.3) is 0 Å². The van der Waals surface area contributed by atoms with E-state index in [1.807, 2.05) is 13.8 Å². The van der Waals surface area contributed by atoms with Gasteiger partial charge in [-0.05, 0) is 116 Å². The first-order valence-electron chi connectivity index (χ1n) is 13.8. The van der Waals surface area contributed by atoms with Crippen molar-refractivity contribution in [1.29, 1.82) is 0 Å². The average Bonchev–Trinajstić information content (AvgIpc) is 3.08. The molecule has 7 unspecified atom stereocenters. The molecule has 4 rings (SSSR count). The summed E-state index contributed by atoms with van der Waals surface area (Å²) < 4.78 is 36.7. The van der Waals surface area contributed by atoms with E-state index in [9.17, 15) is 23.2 Å². The molecule has 6 nitrogen and oxygen atoms in total. The molecule has 0 aromatic heterocycles. The molecular formula is C27H48O6S. The summed E-state index contributed by atoms with van der Waals surface area (Å²) in [5.74, 6) is 2.89. The summed E-state index contributed by atoms with van der Waals surface area (Å²) in [6, 6.07) is 0. The van der Waals surface area contributed by atoms with Gasteiger partial charge in [0.2, 0.25) is 0 Å². The second-order valence-electron chi connectivity index (χ2n) is 13.3. The third-order valence-electron chi connectivity index (χ3n) is 11.3. The van der Waals surface area contributed by atoms with Gasteiger partial charge in [0, 0.05) is 0 Å². The normalized spacial score (nSPS) is 46.4. The fourth-order valence-corrected chi connectivity index (χ4v) is 10.1. The summed E-state index contributed by atoms with van der Waals surface area (Å²) in [5, 5.41) is 21.7. The molecule has 34 heavy (non-hydrogen) atoms. The van der Waals surface area contributed by atoms with E-state index in [0.717, 1.165) is 32.1 Å². The fourth-order valence-electron chi connectivity index (χ4n) is 9.45. The van der Waals surface area contributed by atoms with Gasteiger partial charge in [-0.1, -0.05) is 34.6 Å². The van der Waals surface area contributed by atoms with Crippen molar-refractivity contribution in [2.75, 3.05) is 0 Å². The Kier molecular flexibility index (Phi) is 7.57. The fraction of sp³-hybridized carbons (Fsp3) is 1.00. The van der Waals surface area contributed by atoms with Crippen molar-refractivity contribution in [3.05, 3.63) is 0 Å². The standard InChI is InChI=1S/C27H48O6S/c1-16(2)24(33-34(30,31)32)9-6-17(3)20-7-8-21-25-22(11-13-27(20,21)5)26(4)12-10-19(28)14-18(26)15-23(25)29/h16-25,28-29H,6-15H2,1-5H3,(H,30,31,32)/t17-,18?,19?,20?,21?,22?,23?,24+,25?,26-,27+/m0/s1. The first-order chi connectivity index (χ1) is 15.8. The van der Waals surface area contributed by atoms with Crippen LogP contribution in [0.15, 0.2) is 0 Å². The summed E-state index contributed by atoms with van der Waals surface area (Å²) in [6.45, 7) is 11.1. The maximum absolute atomic E-state index is 11.4. The number of aliphatic hydroxyl groups is 2. The average molecular weight is 501 g/mol. The molecule has 0 aliphatic heterocycles. The van der Waals surface area contributed by atoms with E-state index < -0.39 is 16.5 Å². The highest BCUT2D eigenvalue weighted by atomic mass is 32.3. The van der Waals surface area contributed by atoms with Crippen molar-refractivity contribution < 1.29 is 27.4 Å². The van der Waals surface area contributed by atoms with Gasteiger partial charge in [0.05, 0.1) is 18.3 Å². The van der Waals surface area contributed by atoms with Gasteiger partial charge in [-0.15, -0.1) is 0 Å². The predicted molar refractivity (Wildman–Crippen MR) is 132 cm³/mol. The molecule has 0 aromatic rings. The molecule has 0 spiro atoms. The number of hydrogen-bond donors (Lipinski definition) is 3. The Morgan fingerprint density at radius 1 is 0.912 bits per heavy atom. The lowest BCUT2D eigenvalue weighted by Crippen LogP contribution is -2.58. The van der Waals surface area contributed by atoms with E-state index in [4.69, 9.17) is 4.18 Å². The smallest absolute Gasteiger partial charge is 0.393 e. The van der Waals surface area contributed by atoms with Crippen molar-refractivity contribution in [2.24, 2.45) is 52.3 Å². The SMILES string of the molecule is CC(C)[C@@H](CC[C@H](C)C1CCC2C3C(O)CC4CC(O)CC[C@]4(C)C3CC[C@@]21C)OS(=O)(=O)O. The quantitative estimate of drug-likeness (QED) is 0.413.